The van der Waals surface area contributed by atoms with Crippen LogP contribution in [0.2, 0.25) is 0 Å². The van der Waals surface area contributed by atoms with Gasteiger partial charge in [-0.2, -0.15) is 5.26 Å². The first-order valence-corrected chi connectivity index (χ1v) is 6.27. The second-order valence-corrected chi connectivity index (χ2v) is 4.18. The lowest BCUT2D eigenvalue weighted by Gasteiger charge is -2.04. The number of amides is 1. The molecule has 1 aromatic carbocycles. The van der Waals surface area contributed by atoms with Crippen molar-refractivity contribution in [3.8, 4) is 6.07 Å². The number of carbonyl (C=O) groups is 1. The third-order valence-corrected chi connectivity index (χ3v) is 2.74. The van der Waals surface area contributed by atoms with Crippen molar-refractivity contribution < 1.29 is 9.21 Å². The van der Waals surface area contributed by atoms with Crippen LogP contribution < -0.4 is 5.32 Å². The van der Waals surface area contributed by atoms with Crippen molar-refractivity contribution in [3.63, 3.8) is 0 Å². The fourth-order valence-electron chi connectivity index (χ4n) is 1.72. The van der Waals surface area contributed by atoms with Crippen LogP contribution in [0.1, 0.15) is 11.3 Å². The molecule has 0 aliphatic carbocycles. The molecule has 0 saturated carbocycles. The Morgan fingerprint density at radius 3 is 2.70 bits per heavy atom. The third kappa shape index (κ3) is 3.85. The van der Waals surface area contributed by atoms with Crippen molar-refractivity contribution in [1.29, 1.82) is 5.26 Å². The predicted octanol–water partition coefficient (Wildman–Crippen LogP) is 2.55. The Morgan fingerprint density at radius 1 is 1.25 bits per heavy atom. The maximum atomic E-state index is 11.8. The van der Waals surface area contributed by atoms with Crippen LogP contribution in [0.15, 0.2) is 58.7 Å². The molecule has 1 N–H and O–H groups in total. The summed E-state index contributed by atoms with van der Waals surface area (Å²) in [5.74, 6) is 0.0968. The van der Waals surface area contributed by atoms with Crippen molar-refractivity contribution in [1.82, 2.24) is 5.32 Å². The largest absolute Gasteiger partial charge is 0.465 e. The molecule has 0 aliphatic rings. The summed E-state index contributed by atoms with van der Waals surface area (Å²) in [6.45, 7) is 0.486. The molecule has 1 aromatic heterocycles. The molecule has 0 radical (unpaired) electrons. The first-order valence-electron chi connectivity index (χ1n) is 6.27. The van der Waals surface area contributed by atoms with Crippen molar-refractivity contribution >= 4 is 12.0 Å². The number of hydrogen-bond acceptors (Lipinski definition) is 3. The van der Waals surface area contributed by atoms with Gasteiger partial charge in [0.25, 0.3) is 5.91 Å². The van der Waals surface area contributed by atoms with Crippen molar-refractivity contribution in [3.05, 3.63) is 65.6 Å². The molecule has 1 heterocycles. The number of furan rings is 1. The standard InChI is InChI=1S/C16H14N2O2/c17-12-14(11-15-7-4-10-20-15)16(19)18-9-8-13-5-2-1-3-6-13/h1-7,10-11H,8-9H2,(H,18,19). The predicted molar refractivity (Wildman–Crippen MR) is 75.5 cm³/mol. The number of nitriles is 1. The van der Waals surface area contributed by atoms with Crippen LogP contribution in [0.25, 0.3) is 6.08 Å². The highest BCUT2D eigenvalue weighted by atomic mass is 16.3. The van der Waals surface area contributed by atoms with E-state index in [0.717, 1.165) is 12.0 Å². The average molecular weight is 266 g/mol. The number of nitrogens with zero attached hydrogens (tertiary/aromatic N) is 1. The van der Waals surface area contributed by atoms with Gasteiger partial charge in [-0.05, 0) is 24.1 Å². The number of carbonyl (C=O) groups excluding carboxylic acids is 1. The van der Waals surface area contributed by atoms with E-state index in [4.69, 9.17) is 9.68 Å². The van der Waals surface area contributed by atoms with Crippen LogP contribution in [0.3, 0.4) is 0 Å². The summed E-state index contributed by atoms with van der Waals surface area (Å²) in [5, 5.41) is 11.7. The summed E-state index contributed by atoms with van der Waals surface area (Å²) < 4.78 is 5.08. The Kier molecular flexibility index (Phi) is 4.74. The molecule has 0 aliphatic heterocycles. The molecule has 0 unspecified atom stereocenters. The van der Waals surface area contributed by atoms with Gasteiger partial charge >= 0.3 is 0 Å². The number of benzene rings is 1. The second kappa shape index (κ2) is 6.95. The van der Waals surface area contributed by atoms with Crippen LogP contribution in [0, 0.1) is 11.3 Å². The van der Waals surface area contributed by atoms with Crippen molar-refractivity contribution in [2.24, 2.45) is 0 Å². The maximum Gasteiger partial charge on any atom is 0.262 e. The third-order valence-electron chi connectivity index (χ3n) is 2.74. The fraction of sp³-hybridized carbons (Fsp3) is 0.125. The van der Waals surface area contributed by atoms with Crippen LogP contribution in [0.5, 0.6) is 0 Å². The van der Waals surface area contributed by atoms with Crippen molar-refractivity contribution in [2.45, 2.75) is 6.42 Å². The van der Waals surface area contributed by atoms with E-state index in [1.807, 2.05) is 36.4 Å². The van der Waals surface area contributed by atoms with Crippen LogP contribution >= 0.6 is 0 Å². The molecule has 0 bridgehead atoms. The van der Waals surface area contributed by atoms with Gasteiger partial charge in [-0.3, -0.25) is 4.79 Å². The van der Waals surface area contributed by atoms with Crippen molar-refractivity contribution in [2.75, 3.05) is 6.54 Å². The normalized spacial score (nSPS) is 10.8. The summed E-state index contributed by atoms with van der Waals surface area (Å²) in [7, 11) is 0. The minimum Gasteiger partial charge on any atom is -0.465 e. The van der Waals surface area contributed by atoms with E-state index in [0.29, 0.717) is 12.3 Å². The van der Waals surface area contributed by atoms with E-state index in [2.05, 4.69) is 5.32 Å². The zero-order valence-electron chi connectivity index (χ0n) is 10.9. The summed E-state index contributed by atoms with van der Waals surface area (Å²) in [6, 6.07) is 15.1. The maximum absolute atomic E-state index is 11.8. The first kappa shape index (κ1) is 13.6. The smallest absolute Gasteiger partial charge is 0.262 e. The Morgan fingerprint density at radius 2 is 2.05 bits per heavy atom. The second-order valence-electron chi connectivity index (χ2n) is 4.18. The minimum atomic E-state index is -0.389. The minimum absolute atomic E-state index is 0.0352. The zero-order valence-corrected chi connectivity index (χ0v) is 10.9. The highest BCUT2D eigenvalue weighted by Crippen LogP contribution is 2.07. The molecule has 4 heteroatoms. The highest BCUT2D eigenvalue weighted by Gasteiger charge is 2.09. The molecule has 4 nitrogen and oxygen atoms in total. The molecule has 0 fully saturated rings. The van der Waals surface area contributed by atoms with E-state index in [1.165, 1.54) is 12.3 Å². The summed E-state index contributed by atoms with van der Waals surface area (Å²) in [4.78, 5) is 11.8. The number of nitrogens with one attached hydrogen (secondary N) is 1. The van der Waals surface area contributed by atoms with Gasteiger partial charge in [0.05, 0.1) is 6.26 Å². The topological polar surface area (TPSA) is 66.0 Å². The first-order chi connectivity index (χ1) is 9.79. The SMILES string of the molecule is N#CC(=Cc1ccco1)C(=O)NCCc1ccccc1. The molecule has 2 aromatic rings. The van der Waals surface area contributed by atoms with Crippen LogP contribution in [-0.2, 0) is 11.2 Å². The summed E-state index contributed by atoms with van der Waals surface area (Å²) in [6.07, 6.45) is 3.65. The average Bonchev–Trinajstić information content (AvgIpc) is 2.98. The lowest BCUT2D eigenvalue weighted by atomic mass is 10.1. The van der Waals surface area contributed by atoms with Crippen LogP contribution in [0.4, 0.5) is 0 Å². The van der Waals surface area contributed by atoms with Gasteiger partial charge in [-0.1, -0.05) is 30.3 Å². The summed E-state index contributed by atoms with van der Waals surface area (Å²) in [5.41, 5.74) is 1.18. The molecule has 20 heavy (non-hydrogen) atoms. The molecule has 0 atom stereocenters. The molecular formula is C16H14N2O2. The van der Waals surface area contributed by atoms with Gasteiger partial charge in [0, 0.05) is 12.6 Å². The number of hydrogen-bond donors (Lipinski definition) is 1. The molecule has 100 valence electrons. The Bertz CT molecular complexity index is 622. The molecule has 1 amide bonds. The van der Waals surface area contributed by atoms with Gasteiger partial charge < -0.3 is 9.73 Å². The highest BCUT2D eigenvalue weighted by molar-refractivity contribution is 6.01. The quantitative estimate of drug-likeness (QED) is 0.668. The molecule has 0 saturated heterocycles. The lowest BCUT2D eigenvalue weighted by molar-refractivity contribution is -0.117. The van der Waals surface area contributed by atoms with E-state index in [9.17, 15) is 4.79 Å². The van der Waals surface area contributed by atoms with E-state index in [-0.39, 0.29) is 11.5 Å². The fourth-order valence-corrected chi connectivity index (χ4v) is 1.72. The van der Waals surface area contributed by atoms with E-state index in [1.54, 1.807) is 12.1 Å². The Hall–Kier alpha value is -2.80. The molecule has 0 spiro atoms. The molecule has 2 rings (SSSR count). The van der Waals surface area contributed by atoms with Gasteiger partial charge in [0.1, 0.15) is 17.4 Å². The van der Waals surface area contributed by atoms with E-state index >= 15 is 0 Å². The monoisotopic (exact) mass is 266 g/mol. The number of rotatable bonds is 5. The van der Waals surface area contributed by atoms with Gasteiger partial charge in [-0.25, -0.2) is 0 Å². The zero-order chi connectivity index (χ0) is 14.2. The van der Waals surface area contributed by atoms with Gasteiger partial charge in [-0.15, -0.1) is 0 Å². The van der Waals surface area contributed by atoms with Crippen LogP contribution in [-0.4, -0.2) is 12.5 Å². The Balaban J connectivity index is 1.89. The van der Waals surface area contributed by atoms with E-state index < -0.39 is 0 Å². The lowest BCUT2D eigenvalue weighted by Crippen LogP contribution is -2.26. The summed E-state index contributed by atoms with van der Waals surface area (Å²) >= 11 is 0. The van der Waals surface area contributed by atoms with Gasteiger partial charge in [0.15, 0.2) is 0 Å². The van der Waals surface area contributed by atoms with Gasteiger partial charge in [0.2, 0.25) is 0 Å². The molecular weight excluding hydrogens is 252 g/mol. The Labute approximate surface area is 117 Å².